The lowest BCUT2D eigenvalue weighted by Gasteiger charge is -2.58. The third kappa shape index (κ3) is 2.09. The summed E-state index contributed by atoms with van der Waals surface area (Å²) >= 11 is 0. The zero-order valence-electron chi connectivity index (χ0n) is 16.2. The first-order valence-electron chi connectivity index (χ1n) is 10.3. The van der Waals surface area contributed by atoms with Crippen LogP contribution in [0.1, 0.15) is 72.6 Å². The minimum Gasteiger partial charge on any atom is -0.393 e. The highest BCUT2D eigenvalue weighted by molar-refractivity contribution is 5.86. The Kier molecular flexibility index (Phi) is 3.84. The Hall–Kier alpha value is -0.670. The highest BCUT2D eigenvalue weighted by Crippen LogP contribution is 2.68. The molecule has 3 heteroatoms. The summed E-state index contributed by atoms with van der Waals surface area (Å²) in [5, 5.41) is 21.5. The van der Waals surface area contributed by atoms with Crippen molar-refractivity contribution >= 4 is 5.78 Å². The van der Waals surface area contributed by atoms with E-state index >= 15 is 0 Å². The topological polar surface area (TPSA) is 57.5 Å². The molecule has 0 saturated heterocycles. The van der Waals surface area contributed by atoms with Crippen LogP contribution in [0.3, 0.4) is 0 Å². The van der Waals surface area contributed by atoms with Gasteiger partial charge in [0.05, 0.1) is 6.10 Å². The first-order chi connectivity index (χ1) is 11.6. The number of carbonyl (C=O) groups excluding carboxylic acids is 1. The number of ketones is 1. The maximum atomic E-state index is 12.4. The molecule has 0 spiro atoms. The van der Waals surface area contributed by atoms with Gasteiger partial charge in [-0.05, 0) is 81.0 Å². The van der Waals surface area contributed by atoms with E-state index in [4.69, 9.17) is 0 Å². The van der Waals surface area contributed by atoms with Crippen LogP contribution in [-0.2, 0) is 4.79 Å². The normalized spacial score (nSPS) is 55.0. The van der Waals surface area contributed by atoms with Crippen molar-refractivity contribution in [3.8, 4) is 0 Å². The molecule has 0 aliphatic heterocycles. The first kappa shape index (κ1) is 17.7. The van der Waals surface area contributed by atoms with Gasteiger partial charge in [0.25, 0.3) is 0 Å². The van der Waals surface area contributed by atoms with Gasteiger partial charge in [-0.25, -0.2) is 0 Å². The first-order valence-corrected chi connectivity index (χ1v) is 10.3. The predicted molar refractivity (Wildman–Crippen MR) is 97.9 cm³/mol. The van der Waals surface area contributed by atoms with Gasteiger partial charge >= 0.3 is 0 Å². The molecule has 8 atom stereocenters. The number of aliphatic hydroxyl groups excluding tert-OH is 1. The molecular weight excluding hydrogens is 312 g/mol. The SMILES string of the molecule is CC(=O)[C@]1(O)[C@@H](C)C[C@@H]2[C@H]3CC=C4C[C@H](O)CC[C@@]4(C)[C@H]3CC[C@]21C. The van der Waals surface area contributed by atoms with Gasteiger partial charge in [-0.3, -0.25) is 4.79 Å². The van der Waals surface area contributed by atoms with Crippen molar-refractivity contribution in [2.45, 2.75) is 84.3 Å². The Labute approximate surface area is 151 Å². The second kappa shape index (κ2) is 5.42. The van der Waals surface area contributed by atoms with Gasteiger partial charge in [0.15, 0.2) is 5.78 Å². The van der Waals surface area contributed by atoms with Crippen molar-refractivity contribution in [1.29, 1.82) is 0 Å². The van der Waals surface area contributed by atoms with E-state index in [1.807, 2.05) is 0 Å². The number of aliphatic hydroxyl groups is 2. The van der Waals surface area contributed by atoms with Crippen LogP contribution in [-0.4, -0.2) is 27.7 Å². The van der Waals surface area contributed by atoms with Crippen molar-refractivity contribution in [2.75, 3.05) is 0 Å². The predicted octanol–water partition coefficient (Wildman–Crippen LogP) is 3.88. The minimum atomic E-state index is -1.16. The Morgan fingerprint density at radius 3 is 2.60 bits per heavy atom. The van der Waals surface area contributed by atoms with Crippen LogP contribution >= 0.6 is 0 Å². The van der Waals surface area contributed by atoms with Crippen molar-refractivity contribution in [3.63, 3.8) is 0 Å². The number of carbonyl (C=O) groups is 1. The molecule has 0 heterocycles. The molecule has 3 saturated carbocycles. The van der Waals surface area contributed by atoms with Gasteiger partial charge in [-0.15, -0.1) is 0 Å². The monoisotopic (exact) mass is 346 g/mol. The number of hydrogen-bond donors (Lipinski definition) is 2. The standard InChI is InChI=1S/C22H34O3/c1-13-11-19-17-6-5-15-12-16(24)7-9-20(15,3)18(17)8-10-21(19,4)22(13,25)14(2)23/h5,13,16-19,24-25H,6-12H2,1-4H3/t13-,16+,17-,18-,19+,20+,21+,22+/m0/s1. The molecule has 0 aromatic rings. The third-order valence-electron chi connectivity index (χ3n) is 9.20. The molecule has 25 heavy (non-hydrogen) atoms. The minimum absolute atomic E-state index is 0.0394. The molecule has 0 unspecified atom stereocenters. The molecule has 4 aliphatic rings. The van der Waals surface area contributed by atoms with E-state index in [2.05, 4.69) is 26.8 Å². The van der Waals surface area contributed by atoms with Crippen LogP contribution < -0.4 is 0 Å². The van der Waals surface area contributed by atoms with Gasteiger partial charge < -0.3 is 10.2 Å². The maximum Gasteiger partial charge on any atom is 0.162 e. The van der Waals surface area contributed by atoms with Crippen molar-refractivity contribution in [3.05, 3.63) is 11.6 Å². The highest BCUT2D eigenvalue weighted by atomic mass is 16.3. The summed E-state index contributed by atoms with van der Waals surface area (Å²) in [5.41, 5.74) is 0.249. The lowest BCUT2D eigenvalue weighted by atomic mass is 9.46. The van der Waals surface area contributed by atoms with E-state index in [9.17, 15) is 15.0 Å². The molecule has 2 N–H and O–H groups in total. The molecule has 0 aromatic carbocycles. The van der Waals surface area contributed by atoms with E-state index < -0.39 is 5.60 Å². The summed E-state index contributed by atoms with van der Waals surface area (Å²) in [6.07, 6.45) is 9.15. The smallest absolute Gasteiger partial charge is 0.162 e. The van der Waals surface area contributed by atoms with Gasteiger partial charge in [0, 0.05) is 5.41 Å². The molecule has 0 radical (unpaired) electrons. The van der Waals surface area contributed by atoms with Gasteiger partial charge in [-0.2, -0.15) is 0 Å². The van der Waals surface area contributed by atoms with Crippen LogP contribution in [0.25, 0.3) is 0 Å². The lowest BCUT2D eigenvalue weighted by Crippen LogP contribution is -2.58. The molecule has 0 bridgehead atoms. The number of allylic oxidation sites excluding steroid dienone is 1. The maximum absolute atomic E-state index is 12.4. The zero-order chi connectivity index (χ0) is 18.2. The lowest BCUT2D eigenvalue weighted by molar-refractivity contribution is -0.165. The Balaban J connectivity index is 1.72. The molecule has 4 rings (SSSR count). The summed E-state index contributed by atoms with van der Waals surface area (Å²) in [4.78, 5) is 12.4. The number of Topliss-reactive ketones (excluding diaryl/α,β-unsaturated/α-hetero) is 1. The fourth-order valence-electron chi connectivity index (χ4n) is 7.73. The quantitative estimate of drug-likeness (QED) is 0.709. The summed E-state index contributed by atoms with van der Waals surface area (Å²) in [6, 6.07) is 0. The largest absolute Gasteiger partial charge is 0.393 e. The average Bonchev–Trinajstić information content (AvgIpc) is 2.77. The second-order valence-corrected chi connectivity index (χ2v) is 10.1. The van der Waals surface area contributed by atoms with Crippen LogP contribution in [0.2, 0.25) is 0 Å². The second-order valence-electron chi connectivity index (χ2n) is 10.1. The highest BCUT2D eigenvalue weighted by Gasteiger charge is 2.67. The molecule has 4 aliphatic carbocycles. The van der Waals surface area contributed by atoms with Gasteiger partial charge in [-0.1, -0.05) is 32.4 Å². The molecule has 3 nitrogen and oxygen atoms in total. The number of rotatable bonds is 1. The van der Waals surface area contributed by atoms with Crippen LogP contribution in [0.4, 0.5) is 0 Å². The fraction of sp³-hybridized carbons (Fsp3) is 0.864. The van der Waals surface area contributed by atoms with E-state index in [1.165, 1.54) is 5.57 Å². The molecular formula is C22H34O3. The van der Waals surface area contributed by atoms with Crippen molar-refractivity contribution in [2.24, 2.45) is 34.5 Å². The Bertz CT molecular complexity index is 625. The molecule has 0 aromatic heterocycles. The van der Waals surface area contributed by atoms with Crippen LogP contribution in [0.15, 0.2) is 11.6 Å². The molecule has 3 fully saturated rings. The van der Waals surface area contributed by atoms with E-state index in [1.54, 1.807) is 6.92 Å². The Morgan fingerprint density at radius 2 is 1.92 bits per heavy atom. The van der Waals surface area contributed by atoms with Crippen LogP contribution in [0, 0.1) is 34.5 Å². The summed E-state index contributed by atoms with van der Waals surface area (Å²) < 4.78 is 0. The number of hydrogen-bond acceptors (Lipinski definition) is 3. The van der Waals surface area contributed by atoms with Gasteiger partial charge in [0.1, 0.15) is 5.60 Å². The van der Waals surface area contributed by atoms with Gasteiger partial charge in [0.2, 0.25) is 0 Å². The zero-order valence-corrected chi connectivity index (χ0v) is 16.2. The fourth-order valence-corrected chi connectivity index (χ4v) is 7.73. The van der Waals surface area contributed by atoms with Crippen molar-refractivity contribution in [1.82, 2.24) is 0 Å². The van der Waals surface area contributed by atoms with E-state index in [-0.39, 0.29) is 28.6 Å². The summed E-state index contributed by atoms with van der Waals surface area (Å²) in [5.74, 6) is 1.64. The van der Waals surface area contributed by atoms with E-state index in [0.717, 1.165) is 44.9 Å². The molecule has 0 amide bonds. The van der Waals surface area contributed by atoms with Crippen LogP contribution in [0.5, 0.6) is 0 Å². The third-order valence-corrected chi connectivity index (χ3v) is 9.20. The number of fused-ring (bicyclic) bond motifs is 5. The van der Waals surface area contributed by atoms with E-state index in [0.29, 0.717) is 17.8 Å². The Morgan fingerprint density at radius 1 is 1.20 bits per heavy atom. The molecule has 140 valence electrons. The van der Waals surface area contributed by atoms with Crippen molar-refractivity contribution < 1.29 is 15.0 Å². The summed E-state index contributed by atoms with van der Waals surface area (Å²) in [7, 11) is 0. The summed E-state index contributed by atoms with van der Waals surface area (Å²) in [6.45, 7) is 8.26. The average molecular weight is 347 g/mol.